The fraction of sp³-hybridized carbons (Fsp3) is 0.471. The molecule has 1 N–H and O–H groups in total. The highest BCUT2D eigenvalue weighted by atomic mass is 32.1. The second-order valence-electron chi connectivity index (χ2n) is 6.43. The average molecular weight is 344 g/mol. The van der Waals surface area contributed by atoms with Crippen LogP contribution in [-0.2, 0) is 6.54 Å². The number of fused-ring (bicyclic) bond motifs is 2. The summed E-state index contributed by atoms with van der Waals surface area (Å²) in [5.41, 5.74) is 0.657. The van der Waals surface area contributed by atoms with Gasteiger partial charge >= 0.3 is 0 Å². The highest BCUT2D eigenvalue weighted by Gasteiger charge is 2.47. The van der Waals surface area contributed by atoms with Crippen molar-refractivity contribution in [2.75, 3.05) is 6.54 Å². The van der Waals surface area contributed by atoms with Crippen molar-refractivity contribution in [2.45, 2.75) is 38.4 Å². The van der Waals surface area contributed by atoms with Crippen LogP contribution in [0.4, 0.5) is 0 Å². The van der Waals surface area contributed by atoms with E-state index in [-0.39, 0.29) is 23.9 Å². The number of nitrogens with zero attached hydrogens (tertiary/aromatic N) is 3. The van der Waals surface area contributed by atoms with Gasteiger partial charge in [-0.05, 0) is 43.2 Å². The van der Waals surface area contributed by atoms with Gasteiger partial charge in [-0.3, -0.25) is 14.3 Å². The number of hydrogen-bond acceptors (Lipinski definition) is 4. The summed E-state index contributed by atoms with van der Waals surface area (Å²) < 4.78 is 1.74. The summed E-state index contributed by atoms with van der Waals surface area (Å²) >= 11 is 1.46. The molecule has 24 heavy (non-hydrogen) atoms. The minimum Gasteiger partial charge on any atom is -0.348 e. The molecule has 2 amide bonds. The molecule has 1 aliphatic heterocycles. The van der Waals surface area contributed by atoms with Crippen molar-refractivity contribution in [3.8, 4) is 0 Å². The van der Waals surface area contributed by atoms with Gasteiger partial charge in [0, 0.05) is 31.4 Å². The molecule has 7 heteroatoms. The van der Waals surface area contributed by atoms with Gasteiger partial charge < -0.3 is 10.2 Å². The molecule has 4 rings (SSSR count). The largest absolute Gasteiger partial charge is 0.348 e. The zero-order valence-corrected chi connectivity index (χ0v) is 14.3. The van der Waals surface area contributed by atoms with E-state index in [0.717, 1.165) is 17.7 Å². The van der Waals surface area contributed by atoms with Crippen LogP contribution in [0.25, 0.3) is 0 Å². The van der Waals surface area contributed by atoms with E-state index in [1.165, 1.54) is 11.3 Å². The summed E-state index contributed by atoms with van der Waals surface area (Å²) in [4.78, 5) is 27.7. The van der Waals surface area contributed by atoms with E-state index >= 15 is 0 Å². The van der Waals surface area contributed by atoms with E-state index in [1.54, 1.807) is 16.9 Å². The zero-order chi connectivity index (χ0) is 16.7. The number of aromatic nitrogens is 2. The number of likely N-dealkylation sites (tertiary alicyclic amines) is 1. The lowest BCUT2D eigenvalue weighted by Gasteiger charge is -2.32. The van der Waals surface area contributed by atoms with Crippen LogP contribution in [0.5, 0.6) is 0 Å². The number of thiophene rings is 1. The number of rotatable bonds is 4. The molecule has 1 saturated heterocycles. The predicted molar refractivity (Wildman–Crippen MR) is 91.0 cm³/mol. The highest BCUT2D eigenvalue weighted by Crippen LogP contribution is 2.38. The van der Waals surface area contributed by atoms with Crippen LogP contribution in [0, 0.1) is 5.92 Å². The maximum atomic E-state index is 12.8. The molecular formula is C17H20N4O2S. The van der Waals surface area contributed by atoms with E-state index in [1.807, 2.05) is 29.3 Å². The highest BCUT2D eigenvalue weighted by molar-refractivity contribution is 7.12. The number of piperidine rings is 1. The first-order valence-corrected chi connectivity index (χ1v) is 9.22. The molecule has 6 nitrogen and oxygen atoms in total. The van der Waals surface area contributed by atoms with Crippen molar-refractivity contribution < 1.29 is 9.59 Å². The molecule has 126 valence electrons. The van der Waals surface area contributed by atoms with Crippen LogP contribution in [0.3, 0.4) is 0 Å². The molecule has 0 aromatic carbocycles. The van der Waals surface area contributed by atoms with Gasteiger partial charge in [-0.2, -0.15) is 5.10 Å². The van der Waals surface area contributed by atoms with E-state index in [0.29, 0.717) is 24.7 Å². The van der Waals surface area contributed by atoms with Gasteiger partial charge in [-0.1, -0.05) is 6.07 Å². The lowest BCUT2D eigenvalue weighted by molar-refractivity contribution is 0.0668. The van der Waals surface area contributed by atoms with Crippen molar-refractivity contribution in [1.82, 2.24) is 20.0 Å². The summed E-state index contributed by atoms with van der Waals surface area (Å²) in [7, 11) is 0. The third-order valence-electron chi connectivity index (χ3n) is 5.10. The molecule has 2 aromatic rings. The summed E-state index contributed by atoms with van der Waals surface area (Å²) in [5.74, 6) is 0.412. The standard InChI is InChI=1S/C17H20N4O2S/c1-2-21-14(5-6-18-21)17(23)20-10-11-8-12(20)9-13(11)19-16(22)15-4-3-7-24-15/h3-7,11-13H,2,8-10H2,1H3,(H,19,22)/t11-,12-,13-/m0/s1. The van der Waals surface area contributed by atoms with Crippen molar-refractivity contribution in [3.05, 3.63) is 40.3 Å². The molecule has 2 fully saturated rings. The van der Waals surface area contributed by atoms with Crippen molar-refractivity contribution >= 4 is 23.2 Å². The number of carbonyl (C=O) groups excluding carboxylic acids is 2. The van der Waals surface area contributed by atoms with Gasteiger partial charge in [0.15, 0.2) is 0 Å². The maximum absolute atomic E-state index is 12.8. The van der Waals surface area contributed by atoms with E-state index in [2.05, 4.69) is 10.4 Å². The topological polar surface area (TPSA) is 67.2 Å². The van der Waals surface area contributed by atoms with Crippen LogP contribution in [0.1, 0.15) is 39.9 Å². The lowest BCUT2D eigenvalue weighted by atomic mass is 10.0. The maximum Gasteiger partial charge on any atom is 0.272 e. The van der Waals surface area contributed by atoms with Crippen LogP contribution >= 0.6 is 11.3 Å². The van der Waals surface area contributed by atoms with Gasteiger partial charge in [0.2, 0.25) is 0 Å². The van der Waals surface area contributed by atoms with E-state index < -0.39 is 0 Å². The first kappa shape index (κ1) is 15.4. The molecule has 2 aliphatic rings. The van der Waals surface area contributed by atoms with Gasteiger partial charge in [-0.25, -0.2) is 0 Å². The van der Waals surface area contributed by atoms with Gasteiger partial charge in [0.25, 0.3) is 11.8 Å². The summed E-state index contributed by atoms with van der Waals surface area (Å²) in [5, 5.41) is 9.24. The Bertz CT molecular complexity index is 754. The Labute approximate surface area is 144 Å². The Morgan fingerprint density at radius 1 is 1.38 bits per heavy atom. The lowest BCUT2D eigenvalue weighted by Crippen LogP contribution is -2.48. The monoisotopic (exact) mass is 344 g/mol. The Morgan fingerprint density at radius 2 is 2.25 bits per heavy atom. The quantitative estimate of drug-likeness (QED) is 0.922. The van der Waals surface area contributed by atoms with Crippen LogP contribution in [0.2, 0.25) is 0 Å². The first-order valence-electron chi connectivity index (χ1n) is 8.34. The van der Waals surface area contributed by atoms with Gasteiger partial charge in [0.1, 0.15) is 5.69 Å². The molecule has 2 aromatic heterocycles. The Balaban J connectivity index is 1.41. The zero-order valence-electron chi connectivity index (χ0n) is 13.5. The predicted octanol–water partition coefficient (Wildman–Crippen LogP) is 2.00. The second kappa shape index (κ2) is 6.05. The first-order chi connectivity index (χ1) is 11.7. The van der Waals surface area contributed by atoms with Gasteiger partial charge in [0.05, 0.1) is 4.88 Å². The molecule has 0 unspecified atom stereocenters. The third kappa shape index (κ3) is 2.53. The molecule has 1 saturated carbocycles. The normalized spacial score (nSPS) is 25.2. The Hall–Kier alpha value is -2.15. The molecule has 3 atom stereocenters. The molecule has 0 spiro atoms. The number of hydrogen-bond donors (Lipinski definition) is 1. The van der Waals surface area contributed by atoms with Crippen LogP contribution < -0.4 is 5.32 Å². The fourth-order valence-corrected chi connectivity index (χ4v) is 4.57. The van der Waals surface area contributed by atoms with Gasteiger partial charge in [-0.15, -0.1) is 11.3 Å². The molecular weight excluding hydrogens is 324 g/mol. The molecule has 2 bridgehead atoms. The second-order valence-corrected chi connectivity index (χ2v) is 7.38. The summed E-state index contributed by atoms with van der Waals surface area (Å²) in [6, 6.07) is 5.90. The van der Waals surface area contributed by atoms with Crippen molar-refractivity contribution in [1.29, 1.82) is 0 Å². The minimum absolute atomic E-state index is 0.00415. The van der Waals surface area contributed by atoms with E-state index in [9.17, 15) is 9.59 Å². The van der Waals surface area contributed by atoms with Crippen LogP contribution in [-0.4, -0.2) is 45.1 Å². The number of aryl methyl sites for hydroxylation is 1. The Morgan fingerprint density at radius 3 is 2.92 bits per heavy atom. The third-order valence-corrected chi connectivity index (χ3v) is 5.97. The molecule has 1 aliphatic carbocycles. The summed E-state index contributed by atoms with van der Waals surface area (Å²) in [6.45, 7) is 3.39. The number of carbonyl (C=O) groups is 2. The van der Waals surface area contributed by atoms with E-state index in [4.69, 9.17) is 0 Å². The molecule has 0 radical (unpaired) electrons. The van der Waals surface area contributed by atoms with Crippen molar-refractivity contribution in [3.63, 3.8) is 0 Å². The molecule has 3 heterocycles. The summed E-state index contributed by atoms with van der Waals surface area (Å²) in [6.07, 6.45) is 3.49. The Kier molecular flexibility index (Phi) is 3.88. The number of amides is 2. The fourth-order valence-electron chi connectivity index (χ4n) is 3.94. The SMILES string of the molecule is CCn1nccc1C(=O)N1C[C@@H]2C[C@H]1C[C@@H]2NC(=O)c1cccs1. The smallest absolute Gasteiger partial charge is 0.272 e. The van der Waals surface area contributed by atoms with Crippen LogP contribution in [0.15, 0.2) is 29.8 Å². The minimum atomic E-state index is 0.00415. The number of nitrogens with one attached hydrogen (secondary N) is 1. The van der Waals surface area contributed by atoms with Crippen molar-refractivity contribution in [2.24, 2.45) is 5.92 Å². The average Bonchev–Trinajstić information content (AvgIpc) is 3.36.